The Labute approximate surface area is 108 Å². The van der Waals surface area contributed by atoms with Crippen molar-refractivity contribution in [3.8, 4) is 0 Å². The molecule has 4 heteroatoms. The lowest BCUT2D eigenvalue weighted by Gasteiger charge is -2.29. The summed E-state index contributed by atoms with van der Waals surface area (Å²) in [5.74, 6) is 0.0959. The van der Waals surface area contributed by atoms with Crippen LogP contribution in [0.2, 0.25) is 0 Å². The molecule has 0 aliphatic carbocycles. The van der Waals surface area contributed by atoms with Crippen molar-refractivity contribution >= 4 is 5.91 Å². The summed E-state index contributed by atoms with van der Waals surface area (Å²) in [6.07, 6.45) is 0.980. The molecule has 0 bridgehead atoms. The molecule has 1 atom stereocenters. The number of aryl methyl sites for hydroxylation is 1. The second kappa shape index (κ2) is 5.98. The highest BCUT2D eigenvalue weighted by molar-refractivity contribution is 5.78. The number of carbonyl (C=O) groups is 1. The first-order valence-corrected chi connectivity index (χ1v) is 6.48. The Bertz CT molecular complexity index is 419. The Hall–Kier alpha value is -1.39. The number of rotatable bonds is 3. The predicted molar refractivity (Wildman–Crippen MR) is 72.2 cm³/mol. The van der Waals surface area contributed by atoms with Crippen molar-refractivity contribution in [2.75, 3.05) is 26.2 Å². The zero-order chi connectivity index (χ0) is 13.0. The summed E-state index contributed by atoms with van der Waals surface area (Å²) >= 11 is 0. The maximum absolute atomic E-state index is 11.6. The van der Waals surface area contributed by atoms with Crippen LogP contribution in [0.15, 0.2) is 24.3 Å². The van der Waals surface area contributed by atoms with Gasteiger partial charge in [0.2, 0.25) is 5.91 Å². The number of nitrogens with one attached hydrogen (secondary N) is 1. The Morgan fingerprint density at radius 3 is 3.06 bits per heavy atom. The minimum atomic E-state index is 0.0959. The largest absolute Gasteiger partial charge is 0.355 e. The fourth-order valence-electron chi connectivity index (χ4n) is 2.47. The summed E-state index contributed by atoms with van der Waals surface area (Å²) < 4.78 is 0. The SMILES string of the molecule is Cc1cccc(C(CN)N2CCCNC(=O)C2)c1. The van der Waals surface area contributed by atoms with Gasteiger partial charge in [0.25, 0.3) is 0 Å². The fraction of sp³-hybridized carbons (Fsp3) is 0.500. The number of hydrogen-bond donors (Lipinski definition) is 2. The number of nitrogens with zero attached hydrogens (tertiary/aromatic N) is 1. The van der Waals surface area contributed by atoms with Gasteiger partial charge in [0.05, 0.1) is 6.54 Å². The van der Waals surface area contributed by atoms with Crippen molar-refractivity contribution in [3.63, 3.8) is 0 Å². The van der Waals surface area contributed by atoms with Crippen LogP contribution >= 0.6 is 0 Å². The molecule has 3 N–H and O–H groups in total. The van der Waals surface area contributed by atoms with Crippen LogP contribution < -0.4 is 11.1 Å². The molecule has 1 aromatic carbocycles. The molecule has 0 aromatic heterocycles. The van der Waals surface area contributed by atoms with Crippen molar-refractivity contribution in [2.45, 2.75) is 19.4 Å². The van der Waals surface area contributed by atoms with Crippen molar-refractivity contribution < 1.29 is 4.79 Å². The van der Waals surface area contributed by atoms with Crippen LogP contribution in [0.25, 0.3) is 0 Å². The maximum atomic E-state index is 11.6. The van der Waals surface area contributed by atoms with Gasteiger partial charge < -0.3 is 11.1 Å². The molecule has 2 rings (SSSR count). The lowest BCUT2D eigenvalue weighted by atomic mass is 10.0. The van der Waals surface area contributed by atoms with Crippen molar-refractivity contribution in [1.82, 2.24) is 10.2 Å². The second-order valence-corrected chi connectivity index (χ2v) is 4.84. The summed E-state index contributed by atoms with van der Waals surface area (Å²) in [7, 11) is 0. The smallest absolute Gasteiger partial charge is 0.234 e. The van der Waals surface area contributed by atoms with Crippen LogP contribution in [-0.2, 0) is 4.79 Å². The van der Waals surface area contributed by atoms with E-state index in [9.17, 15) is 4.79 Å². The third-order valence-corrected chi connectivity index (χ3v) is 3.38. The van der Waals surface area contributed by atoms with E-state index in [2.05, 4.69) is 35.3 Å². The van der Waals surface area contributed by atoms with Crippen molar-refractivity contribution in [2.24, 2.45) is 5.73 Å². The van der Waals surface area contributed by atoms with Gasteiger partial charge in [-0.2, -0.15) is 0 Å². The molecule has 1 unspecified atom stereocenters. The van der Waals surface area contributed by atoms with Gasteiger partial charge in [-0.1, -0.05) is 29.8 Å². The average Bonchev–Trinajstić information content (AvgIpc) is 2.55. The minimum absolute atomic E-state index is 0.0959. The summed E-state index contributed by atoms with van der Waals surface area (Å²) in [5.41, 5.74) is 8.34. The topological polar surface area (TPSA) is 58.4 Å². The van der Waals surface area contributed by atoms with Gasteiger partial charge in [-0.3, -0.25) is 9.69 Å². The lowest BCUT2D eigenvalue weighted by Crippen LogP contribution is -2.38. The van der Waals surface area contributed by atoms with Gasteiger partial charge in [-0.05, 0) is 18.9 Å². The summed E-state index contributed by atoms with van der Waals surface area (Å²) in [6.45, 7) is 4.73. The molecule has 0 radical (unpaired) electrons. The average molecular weight is 247 g/mol. The number of carbonyl (C=O) groups excluding carboxylic acids is 1. The lowest BCUT2D eigenvalue weighted by molar-refractivity contribution is -0.121. The summed E-state index contributed by atoms with van der Waals surface area (Å²) in [5, 5.41) is 2.89. The normalized spacial score (nSPS) is 19.1. The molecule has 1 fully saturated rings. The Morgan fingerprint density at radius 2 is 2.33 bits per heavy atom. The molecular weight excluding hydrogens is 226 g/mol. The van der Waals surface area contributed by atoms with Crippen LogP contribution in [0, 0.1) is 6.92 Å². The van der Waals surface area contributed by atoms with Crippen molar-refractivity contribution in [1.29, 1.82) is 0 Å². The molecule has 4 nitrogen and oxygen atoms in total. The molecule has 98 valence electrons. The third kappa shape index (κ3) is 3.09. The van der Waals surface area contributed by atoms with E-state index in [1.807, 2.05) is 6.07 Å². The molecule has 0 saturated carbocycles. The van der Waals surface area contributed by atoms with Gasteiger partial charge in [0, 0.05) is 25.7 Å². The summed E-state index contributed by atoms with van der Waals surface area (Å²) in [4.78, 5) is 13.8. The predicted octanol–water partition coefficient (Wildman–Crippen LogP) is 0.817. The number of nitrogens with two attached hydrogens (primary N) is 1. The second-order valence-electron chi connectivity index (χ2n) is 4.84. The first kappa shape index (κ1) is 13.1. The first-order chi connectivity index (χ1) is 8.70. The van der Waals surface area contributed by atoms with E-state index in [0.29, 0.717) is 13.1 Å². The fourth-order valence-corrected chi connectivity index (χ4v) is 2.47. The van der Waals surface area contributed by atoms with E-state index in [1.165, 1.54) is 11.1 Å². The van der Waals surface area contributed by atoms with E-state index in [-0.39, 0.29) is 11.9 Å². The third-order valence-electron chi connectivity index (χ3n) is 3.38. The first-order valence-electron chi connectivity index (χ1n) is 6.48. The number of hydrogen-bond acceptors (Lipinski definition) is 3. The highest BCUT2D eigenvalue weighted by atomic mass is 16.2. The Morgan fingerprint density at radius 1 is 1.50 bits per heavy atom. The Balaban J connectivity index is 2.19. The zero-order valence-electron chi connectivity index (χ0n) is 10.9. The molecule has 1 aromatic rings. The van der Waals surface area contributed by atoms with E-state index in [4.69, 9.17) is 5.73 Å². The Kier molecular flexibility index (Phi) is 4.33. The van der Waals surface area contributed by atoms with Gasteiger partial charge in [0.1, 0.15) is 0 Å². The standard InChI is InChI=1S/C14H21N3O/c1-11-4-2-5-12(8-11)13(9-15)17-7-3-6-16-14(18)10-17/h2,4-5,8,13H,3,6-7,9-10,15H2,1H3,(H,16,18). The maximum Gasteiger partial charge on any atom is 0.234 e. The van der Waals surface area contributed by atoms with Gasteiger partial charge in [-0.15, -0.1) is 0 Å². The van der Waals surface area contributed by atoms with E-state index in [0.717, 1.165) is 19.5 Å². The van der Waals surface area contributed by atoms with E-state index in [1.54, 1.807) is 0 Å². The highest BCUT2D eigenvalue weighted by Gasteiger charge is 2.23. The van der Waals surface area contributed by atoms with Gasteiger partial charge >= 0.3 is 0 Å². The molecule has 1 aliphatic heterocycles. The van der Waals surface area contributed by atoms with Crippen LogP contribution in [-0.4, -0.2) is 37.0 Å². The molecule has 1 amide bonds. The number of benzene rings is 1. The van der Waals surface area contributed by atoms with Gasteiger partial charge in [-0.25, -0.2) is 0 Å². The van der Waals surface area contributed by atoms with E-state index < -0.39 is 0 Å². The number of amides is 1. The highest BCUT2D eigenvalue weighted by Crippen LogP contribution is 2.21. The monoisotopic (exact) mass is 247 g/mol. The molecular formula is C14H21N3O. The van der Waals surface area contributed by atoms with Gasteiger partial charge in [0.15, 0.2) is 0 Å². The molecule has 1 saturated heterocycles. The molecule has 1 aliphatic rings. The molecule has 1 heterocycles. The van der Waals surface area contributed by atoms with Crippen LogP contribution in [0.5, 0.6) is 0 Å². The summed E-state index contributed by atoms with van der Waals surface area (Å²) in [6, 6.07) is 8.50. The van der Waals surface area contributed by atoms with Crippen molar-refractivity contribution in [3.05, 3.63) is 35.4 Å². The molecule has 18 heavy (non-hydrogen) atoms. The zero-order valence-corrected chi connectivity index (χ0v) is 10.9. The quantitative estimate of drug-likeness (QED) is 0.831. The molecule has 0 spiro atoms. The van der Waals surface area contributed by atoms with E-state index >= 15 is 0 Å². The van der Waals surface area contributed by atoms with Crippen LogP contribution in [0.4, 0.5) is 0 Å². The minimum Gasteiger partial charge on any atom is -0.355 e. The van der Waals surface area contributed by atoms with Crippen LogP contribution in [0.1, 0.15) is 23.6 Å². The van der Waals surface area contributed by atoms with Crippen LogP contribution in [0.3, 0.4) is 0 Å².